The van der Waals surface area contributed by atoms with Crippen LogP contribution in [0.4, 0.5) is 5.69 Å². The number of hydrogen-bond donors (Lipinski definition) is 1. The number of anilines is 1. The second-order valence-corrected chi connectivity index (χ2v) is 2.37. The minimum absolute atomic E-state index is 0.165. The molecule has 0 unspecified atom stereocenters. The third-order valence-electron chi connectivity index (χ3n) is 1.66. The maximum absolute atomic E-state index is 10.4. The highest BCUT2D eigenvalue weighted by atomic mass is 16.3. The van der Waals surface area contributed by atoms with Crippen molar-refractivity contribution in [3.05, 3.63) is 24.2 Å². The van der Waals surface area contributed by atoms with E-state index in [1.165, 1.54) is 0 Å². The van der Waals surface area contributed by atoms with Crippen molar-refractivity contribution in [3.8, 4) is 0 Å². The van der Waals surface area contributed by atoms with E-state index in [-0.39, 0.29) is 5.76 Å². The first-order valence-corrected chi connectivity index (χ1v) is 3.40. The van der Waals surface area contributed by atoms with Gasteiger partial charge < -0.3 is 10.2 Å². The van der Waals surface area contributed by atoms with Crippen LogP contribution in [0.2, 0.25) is 0 Å². The highest BCUT2D eigenvalue weighted by Crippen LogP contribution is 2.25. The van der Waals surface area contributed by atoms with Gasteiger partial charge in [-0.1, -0.05) is 0 Å². The number of furan rings is 1. The molecule has 2 aromatic heterocycles. The summed E-state index contributed by atoms with van der Waals surface area (Å²) in [5.41, 5.74) is 6.53. The van der Waals surface area contributed by atoms with Gasteiger partial charge in [0, 0.05) is 12.4 Å². The van der Waals surface area contributed by atoms with Crippen LogP contribution >= 0.6 is 0 Å². The Kier molecular flexibility index (Phi) is 1.33. The van der Waals surface area contributed by atoms with Crippen LogP contribution in [0.3, 0.4) is 0 Å². The fourth-order valence-electron chi connectivity index (χ4n) is 1.07. The molecule has 0 radical (unpaired) electrons. The summed E-state index contributed by atoms with van der Waals surface area (Å²) in [6.07, 6.45) is 3.75. The van der Waals surface area contributed by atoms with E-state index in [0.717, 1.165) is 0 Å². The molecule has 0 saturated heterocycles. The Bertz CT molecular complexity index is 434. The fourth-order valence-corrected chi connectivity index (χ4v) is 1.07. The molecule has 2 N–H and O–H groups in total. The van der Waals surface area contributed by atoms with Gasteiger partial charge in [-0.15, -0.1) is 0 Å². The first-order chi connectivity index (χ1) is 5.83. The quantitative estimate of drug-likeness (QED) is 0.640. The maximum atomic E-state index is 10.4. The summed E-state index contributed by atoms with van der Waals surface area (Å²) in [6, 6.07) is 1.67. The zero-order chi connectivity index (χ0) is 8.55. The molecule has 0 amide bonds. The molecule has 0 aliphatic heterocycles. The van der Waals surface area contributed by atoms with Crippen molar-refractivity contribution in [2.24, 2.45) is 0 Å². The number of nitrogens with two attached hydrogens (primary N) is 1. The van der Waals surface area contributed by atoms with Gasteiger partial charge in [0.1, 0.15) is 5.58 Å². The van der Waals surface area contributed by atoms with E-state index >= 15 is 0 Å². The molecule has 0 spiro atoms. The van der Waals surface area contributed by atoms with Crippen LogP contribution < -0.4 is 5.73 Å². The van der Waals surface area contributed by atoms with Crippen molar-refractivity contribution >= 4 is 22.9 Å². The van der Waals surface area contributed by atoms with Crippen molar-refractivity contribution in [1.29, 1.82) is 0 Å². The Morgan fingerprint density at radius 2 is 2.42 bits per heavy atom. The number of aromatic nitrogens is 1. The molecule has 0 atom stereocenters. The van der Waals surface area contributed by atoms with E-state index in [1.807, 2.05) is 0 Å². The van der Waals surface area contributed by atoms with E-state index < -0.39 is 0 Å². The molecule has 0 aliphatic carbocycles. The van der Waals surface area contributed by atoms with Crippen LogP contribution in [0, 0.1) is 0 Å². The number of carbonyl (C=O) groups is 1. The topological polar surface area (TPSA) is 69.1 Å². The van der Waals surface area contributed by atoms with Gasteiger partial charge in [-0.05, 0) is 6.07 Å². The summed E-state index contributed by atoms with van der Waals surface area (Å²) >= 11 is 0. The summed E-state index contributed by atoms with van der Waals surface area (Å²) in [7, 11) is 0. The Hall–Kier alpha value is -1.84. The van der Waals surface area contributed by atoms with Crippen LogP contribution in [0.25, 0.3) is 11.0 Å². The highest BCUT2D eigenvalue weighted by molar-refractivity contribution is 5.97. The molecule has 0 fully saturated rings. The van der Waals surface area contributed by atoms with Gasteiger partial charge in [-0.3, -0.25) is 9.78 Å². The number of nitrogens with zero attached hydrogens (tertiary/aromatic N) is 1. The van der Waals surface area contributed by atoms with Crippen molar-refractivity contribution in [2.45, 2.75) is 0 Å². The van der Waals surface area contributed by atoms with Crippen molar-refractivity contribution in [2.75, 3.05) is 5.73 Å². The fraction of sp³-hybridized carbons (Fsp3) is 0. The van der Waals surface area contributed by atoms with Gasteiger partial charge in [0.2, 0.25) is 0 Å². The van der Waals surface area contributed by atoms with Gasteiger partial charge >= 0.3 is 0 Å². The lowest BCUT2D eigenvalue weighted by molar-refractivity contribution is 0.110. The Morgan fingerprint density at radius 1 is 1.58 bits per heavy atom. The smallest absolute Gasteiger partial charge is 0.190 e. The molecule has 60 valence electrons. The Balaban J connectivity index is 2.87. The minimum Gasteiger partial charge on any atom is -0.451 e. The summed E-state index contributed by atoms with van der Waals surface area (Å²) < 4.78 is 5.11. The van der Waals surface area contributed by atoms with E-state index in [0.29, 0.717) is 22.9 Å². The standard InChI is InChI=1S/C8H6N2O2/c9-8-5-3-10-2-1-6(5)12-7(8)4-11/h1-4H,9H2. The van der Waals surface area contributed by atoms with E-state index in [1.54, 1.807) is 18.5 Å². The normalized spacial score (nSPS) is 10.3. The third-order valence-corrected chi connectivity index (χ3v) is 1.66. The number of fused-ring (bicyclic) bond motifs is 1. The second kappa shape index (κ2) is 2.34. The molecule has 0 aliphatic rings. The highest BCUT2D eigenvalue weighted by Gasteiger charge is 2.08. The summed E-state index contributed by atoms with van der Waals surface area (Å²) in [6.45, 7) is 0. The minimum atomic E-state index is 0.165. The molecule has 12 heavy (non-hydrogen) atoms. The molecule has 4 heteroatoms. The molecule has 2 rings (SSSR count). The summed E-state index contributed by atoms with van der Waals surface area (Å²) in [4.78, 5) is 14.3. The van der Waals surface area contributed by atoms with E-state index in [4.69, 9.17) is 10.2 Å². The molecule has 2 aromatic rings. The zero-order valence-corrected chi connectivity index (χ0v) is 6.15. The Morgan fingerprint density at radius 3 is 3.08 bits per heavy atom. The number of pyridine rings is 1. The lowest BCUT2D eigenvalue weighted by Crippen LogP contribution is -1.86. The largest absolute Gasteiger partial charge is 0.451 e. The lowest BCUT2D eigenvalue weighted by atomic mass is 10.3. The lowest BCUT2D eigenvalue weighted by Gasteiger charge is -1.84. The number of hydrogen-bond acceptors (Lipinski definition) is 4. The van der Waals surface area contributed by atoms with Crippen molar-refractivity contribution < 1.29 is 9.21 Å². The molecule has 0 saturated carbocycles. The summed E-state index contributed by atoms with van der Waals surface area (Å²) in [5.74, 6) is 0.165. The SMILES string of the molecule is Nc1c(C=O)oc2ccncc12. The third kappa shape index (κ3) is 0.780. The molecule has 2 heterocycles. The molecule has 0 bridgehead atoms. The van der Waals surface area contributed by atoms with Gasteiger partial charge in [0.25, 0.3) is 0 Å². The van der Waals surface area contributed by atoms with Crippen LogP contribution in [0.1, 0.15) is 10.6 Å². The summed E-state index contributed by atoms with van der Waals surface area (Å²) in [5, 5.41) is 0.680. The van der Waals surface area contributed by atoms with Crippen LogP contribution in [-0.4, -0.2) is 11.3 Å². The first kappa shape index (κ1) is 6.84. The van der Waals surface area contributed by atoms with Crippen LogP contribution in [0.15, 0.2) is 22.9 Å². The monoisotopic (exact) mass is 162 g/mol. The van der Waals surface area contributed by atoms with Gasteiger partial charge in [-0.25, -0.2) is 0 Å². The van der Waals surface area contributed by atoms with E-state index in [9.17, 15) is 4.79 Å². The zero-order valence-electron chi connectivity index (χ0n) is 6.15. The first-order valence-electron chi connectivity index (χ1n) is 3.40. The molecular formula is C8H6N2O2. The van der Waals surface area contributed by atoms with Gasteiger partial charge in [0.15, 0.2) is 12.0 Å². The average Bonchev–Trinajstić information content (AvgIpc) is 2.44. The number of aldehydes is 1. The average molecular weight is 162 g/mol. The maximum Gasteiger partial charge on any atom is 0.190 e. The van der Waals surface area contributed by atoms with Crippen molar-refractivity contribution in [3.63, 3.8) is 0 Å². The number of carbonyl (C=O) groups excluding carboxylic acids is 1. The van der Waals surface area contributed by atoms with Crippen LogP contribution in [-0.2, 0) is 0 Å². The Labute approximate surface area is 68.0 Å². The van der Waals surface area contributed by atoms with Gasteiger partial charge in [-0.2, -0.15) is 0 Å². The van der Waals surface area contributed by atoms with E-state index in [2.05, 4.69) is 4.98 Å². The molecular weight excluding hydrogens is 156 g/mol. The number of rotatable bonds is 1. The predicted octanol–water partition coefficient (Wildman–Crippen LogP) is 1.22. The van der Waals surface area contributed by atoms with Crippen LogP contribution in [0.5, 0.6) is 0 Å². The van der Waals surface area contributed by atoms with Gasteiger partial charge in [0.05, 0.1) is 11.1 Å². The predicted molar refractivity (Wildman–Crippen MR) is 43.8 cm³/mol. The molecule has 4 nitrogen and oxygen atoms in total. The second-order valence-electron chi connectivity index (χ2n) is 2.37. The molecule has 0 aromatic carbocycles. The van der Waals surface area contributed by atoms with Crippen molar-refractivity contribution in [1.82, 2.24) is 4.98 Å². The number of nitrogen functional groups attached to an aromatic ring is 1.